The van der Waals surface area contributed by atoms with Crippen molar-refractivity contribution in [2.24, 2.45) is 0 Å². The molecule has 0 atom stereocenters. The zero-order chi connectivity index (χ0) is 20.1. The zero-order valence-electron chi connectivity index (χ0n) is 15.4. The van der Waals surface area contributed by atoms with Gasteiger partial charge in [0.15, 0.2) is 4.34 Å². The lowest BCUT2D eigenvalue weighted by atomic mass is 10.1. The highest BCUT2D eigenvalue weighted by Crippen LogP contribution is 2.33. The van der Waals surface area contributed by atoms with Gasteiger partial charge in [0.2, 0.25) is 11.0 Å². The summed E-state index contributed by atoms with van der Waals surface area (Å²) in [7, 11) is 1.32. The van der Waals surface area contributed by atoms with E-state index in [0.717, 1.165) is 16.2 Å². The number of methoxy groups -OCH3 is 1. The van der Waals surface area contributed by atoms with Crippen molar-refractivity contribution in [1.82, 2.24) is 10.2 Å². The van der Waals surface area contributed by atoms with Crippen LogP contribution in [0, 0.1) is 13.8 Å². The van der Waals surface area contributed by atoms with Gasteiger partial charge in [0, 0.05) is 4.88 Å². The normalized spacial score (nSPS) is 10.7. The van der Waals surface area contributed by atoms with Crippen LogP contribution in [0.3, 0.4) is 0 Å². The van der Waals surface area contributed by atoms with Crippen LogP contribution in [-0.4, -0.2) is 34.9 Å². The first-order valence-corrected chi connectivity index (χ1v) is 10.8. The van der Waals surface area contributed by atoms with Crippen molar-refractivity contribution in [2.75, 3.05) is 23.5 Å². The molecule has 28 heavy (non-hydrogen) atoms. The second-order valence-corrected chi connectivity index (χ2v) is 9.05. The number of hydrogen-bond donors (Lipinski definition) is 2. The number of carbonyl (C=O) groups is 2. The molecule has 8 nitrogen and oxygen atoms in total. The van der Waals surface area contributed by atoms with Crippen LogP contribution in [0.4, 0.5) is 10.1 Å². The summed E-state index contributed by atoms with van der Waals surface area (Å²) in [6, 6.07) is 3.68. The monoisotopic (exact) mass is 438 g/mol. The van der Waals surface area contributed by atoms with Gasteiger partial charge in [-0.2, -0.15) is 0 Å². The molecule has 0 saturated heterocycles. The third-order valence-electron chi connectivity index (χ3n) is 3.75. The Labute approximate surface area is 173 Å². The molecule has 0 bridgehead atoms. The van der Waals surface area contributed by atoms with Crippen molar-refractivity contribution in [2.45, 2.75) is 24.7 Å². The number of furan rings is 1. The summed E-state index contributed by atoms with van der Waals surface area (Å²) in [5.74, 6) is 0.272. The molecule has 3 heterocycles. The van der Waals surface area contributed by atoms with E-state index in [1.54, 1.807) is 6.26 Å². The summed E-state index contributed by atoms with van der Waals surface area (Å²) < 4.78 is 10.7. The van der Waals surface area contributed by atoms with Gasteiger partial charge in [-0.05, 0) is 31.5 Å². The molecular formula is C17H18N4O4S3. The summed E-state index contributed by atoms with van der Waals surface area (Å²) in [4.78, 5) is 25.2. The minimum atomic E-state index is -0.457. The number of hydrogen-bond acceptors (Lipinski definition) is 10. The maximum atomic E-state index is 12.3. The Morgan fingerprint density at radius 3 is 2.82 bits per heavy atom. The fourth-order valence-electron chi connectivity index (χ4n) is 2.27. The van der Waals surface area contributed by atoms with Gasteiger partial charge < -0.3 is 19.8 Å². The number of nitrogens with zero attached hydrogens (tertiary/aromatic N) is 2. The molecular weight excluding hydrogens is 420 g/mol. The number of carbonyl (C=O) groups excluding carboxylic acids is 2. The lowest BCUT2D eigenvalue weighted by molar-refractivity contribution is -0.113. The molecule has 2 N–H and O–H groups in total. The van der Waals surface area contributed by atoms with Crippen LogP contribution >= 0.6 is 34.4 Å². The molecule has 0 fully saturated rings. The molecule has 1 amide bonds. The van der Waals surface area contributed by atoms with Gasteiger partial charge in [-0.15, -0.1) is 21.5 Å². The molecule has 0 aliphatic carbocycles. The molecule has 0 aliphatic rings. The number of esters is 1. The highest BCUT2D eigenvalue weighted by Gasteiger charge is 2.21. The topological polar surface area (TPSA) is 106 Å². The van der Waals surface area contributed by atoms with E-state index in [0.29, 0.717) is 26.6 Å². The Bertz CT molecular complexity index is 965. The molecule has 148 valence electrons. The molecule has 0 spiro atoms. The number of thiophene rings is 1. The number of nitrogens with one attached hydrogen (secondary N) is 2. The summed E-state index contributed by atoms with van der Waals surface area (Å²) in [6.07, 6.45) is 1.61. The zero-order valence-corrected chi connectivity index (χ0v) is 17.8. The van der Waals surface area contributed by atoms with Crippen molar-refractivity contribution < 1.29 is 18.7 Å². The maximum Gasteiger partial charge on any atom is 0.341 e. The average molecular weight is 439 g/mol. The first kappa shape index (κ1) is 20.4. The molecule has 3 aromatic heterocycles. The summed E-state index contributed by atoms with van der Waals surface area (Å²) in [5, 5.41) is 15.2. The Morgan fingerprint density at radius 2 is 2.11 bits per heavy atom. The van der Waals surface area contributed by atoms with Gasteiger partial charge in [0.05, 0.1) is 31.2 Å². The van der Waals surface area contributed by atoms with Crippen LogP contribution in [0.1, 0.15) is 26.6 Å². The number of aromatic nitrogens is 2. The van der Waals surface area contributed by atoms with Crippen LogP contribution < -0.4 is 10.6 Å². The molecule has 0 aromatic carbocycles. The third kappa shape index (κ3) is 4.91. The molecule has 11 heteroatoms. The summed E-state index contributed by atoms with van der Waals surface area (Å²) in [5.41, 5.74) is 1.22. The third-order valence-corrected chi connectivity index (χ3v) is 6.89. The van der Waals surface area contributed by atoms with Crippen molar-refractivity contribution >= 4 is 56.4 Å². The largest absolute Gasteiger partial charge is 0.467 e. The standard InChI is InChI=1S/C17H18N4O4S3/c1-9-10(2)27-14(13(9)15(23)24-3)19-12(22)8-26-17-21-20-16(28-17)18-7-11-5-4-6-25-11/h4-6H,7-8H2,1-3H3,(H,18,20)(H,19,22). The van der Waals surface area contributed by atoms with Crippen LogP contribution in [0.25, 0.3) is 0 Å². The van der Waals surface area contributed by atoms with Crippen LogP contribution in [0.2, 0.25) is 0 Å². The minimum Gasteiger partial charge on any atom is -0.467 e. The van der Waals surface area contributed by atoms with Crippen LogP contribution in [-0.2, 0) is 16.1 Å². The summed E-state index contributed by atoms with van der Waals surface area (Å²) in [6.45, 7) is 4.25. The quantitative estimate of drug-likeness (QED) is 0.402. The predicted octanol–water partition coefficient (Wildman–Crippen LogP) is 3.94. The van der Waals surface area contributed by atoms with Crippen molar-refractivity contribution in [1.29, 1.82) is 0 Å². The molecule has 0 unspecified atom stereocenters. The van der Waals surface area contributed by atoms with E-state index in [-0.39, 0.29) is 11.7 Å². The number of thioether (sulfide) groups is 1. The van der Waals surface area contributed by atoms with E-state index in [2.05, 4.69) is 20.8 Å². The number of aryl methyl sites for hydroxylation is 1. The molecule has 3 aromatic rings. The lowest BCUT2D eigenvalue weighted by Crippen LogP contribution is -2.16. The van der Waals surface area contributed by atoms with Gasteiger partial charge >= 0.3 is 5.97 Å². The fourth-order valence-corrected chi connectivity index (χ4v) is 4.88. The van der Waals surface area contributed by atoms with E-state index in [1.165, 1.54) is 41.5 Å². The lowest BCUT2D eigenvalue weighted by Gasteiger charge is -2.05. The van der Waals surface area contributed by atoms with Crippen LogP contribution in [0.15, 0.2) is 27.2 Å². The van der Waals surface area contributed by atoms with E-state index in [1.807, 2.05) is 26.0 Å². The van der Waals surface area contributed by atoms with E-state index >= 15 is 0 Å². The van der Waals surface area contributed by atoms with Gasteiger partial charge in [-0.3, -0.25) is 4.79 Å². The van der Waals surface area contributed by atoms with Gasteiger partial charge in [0.1, 0.15) is 10.8 Å². The van der Waals surface area contributed by atoms with E-state index < -0.39 is 5.97 Å². The molecule has 0 saturated carbocycles. The van der Waals surface area contributed by atoms with Gasteiger partial charge in [-0.1, -0.05) is 23.1 Å². The van der Waals surface area contributed by atoms with Crippen molar-refractivity contribution in [3.05, 3.63) is 40.2 Å². The maximum absolute atomic E-state index is 12.3. The highest BCUT2D eigenvalue weighted by molar-refractivity contribution is 8.01. The Balaban J connectivity index is 1.54. The molecule has 0 aliphatic heterocycles. The number of anilines is 2. The van der Waals surface area contributed by atoms with Crippen molar-refractivity contribution in [3.63, 3.8) is 0 Å². The number of rotatable bonds is 8. The highest BCUT2D eigenvalue weighted by atomic mass is 32.2. The minimum absolute atomic E-state index is 0.156. The van der Waals surface area contributed by atoms with Crippen molar-refractivity contribution in [3.8, 4) is 0 Å². The number of amides is 1. The van der Waals surface area contributed by atoms with E-state index in [4.69, 9.17) is 9.15 Å². The molecule has 0 radical (unpaired) electrons. The fraction of sp³-hybridized carbons (Fsp3) is 0.294. The first-order valence-electron chi connectivity index (χ1n) is 8.18. The van der Waals surface area contributed by atoms with E-state index in [9.17, 15) is 9.59 Å². The Hall–Kier alpha value is -2.37. The average Bonchev–Trinajstić information content (AvgIpc) is 3.40. The second kappa shape index (κ2) is 9.22. The SMILES string of the molecule is COC(=O)c1c(NC(=O)CSc2nnc(NCc3ccco3)s2)sc(C)c1C. The van der Waals surface area contributed by atoms with Gasteiger partial charge in [0.25, 0.3) is 0 Å². The second-order valence-electron chi connectivity index (χ2n) is 5.62. The first-order chi connectivity index (χ1) is 13.5. The Kier molecular flexibility index (Phi) is 6.70. The Morgan fingerprint density at radius 1 is 1.29 bits per heavy atom. The summed E-state index contributed by atoms with van der Waals surface area (Å²) >= 11 is 4.00. The predicted molar refractivity (Wildman–Crippen MR) is 110 cm³/mol. The molecule has 3 rings (SSSR count). The number of ether oxygens (including phenoxy) is 1. The smallest absolute Gasteiger partial charge is 0.341 e. The van der Waals surface area contributed by atoms with Crippen LogP contribution in [0.5, 0.6) is 0 Å². The van der Waals surface area contributed by atoms with Gasteiger partial charge in [-0.25, -0.2) is 4.79 Å².